The second-order valence-corrected chi connectivity index (χ2v) is 4.39. The van der Waals surface area contributed by atoms with Gasteiger partial charge in [-0.15, -0.1) is 0 Å². The molecule has 16 heavy (non-hydrogen) atoms. The summed E-state index contributed by atoms with van der Waals surface area (Å²) >= 11 is 0. The molecule has 0 saturated carbocycles. The topological polar surface area (TPSA) is 21.6 Å². The smallest absolute Gasteiger partial charge is 0.0653 e. The Morgan fingerprint density at radius 2 is 2.25 bits per heavy atom. The van der Waals surface area contributed by atoms with E-state index in [0.717, 1.165) is 26.2 Å². The van der Waals surface area contributed by atoms with Gasteiger partial charge in [0.25, 0.3) is 0 Å². The van der Waals surface area contributed by atoms with E-state index in [2.05, 4.69) is 30.1 Å². The molecule has 0 bridgehead atoms. The molecule has 0 fully saturated rings. The Bertz CT molecular complexity index is 486. The Morgan fingerprint density at radius 3 is 3.06 bits per heavy atom. The van der Waals surface area contributed by atoms with Crippen LogP contribution in [0.15, 0.2) is 23.2 Å². The minimum absolute atomic E-state index is 0.752. The van der Waals surface area contributed by atoms with Crippen molar-refractivity contribution in [1.29, 1.82) is 0 Å². The first-order valence-electron chi connectivity index (χ1n) is 5.75. The predicted molar refractivity (Wildman–Crippen MR) is 65.9 cm³/mol. The number of fused-ring (bicyclic) bond motifs is 1. The summed E-state index contributed by atoms with van der Waals surface area (Å²) in [6.07, 6.45) is 5.21. The quantitative estimate of drug-likeness (QED) is 0.703. The van der Waals surface area contributed by atoms with Gasteiger partial charge in [0.05, 0.1) is 19.8 Å². The van der Waals surface area contributed by atoms with Crippen molar-refractivity contribution in [3.05, 3.63) is 40.5 Å². The average molecular weight is 213 g/mol. The van der Waals surface area contributed by atoms with Crippen molar-refractivity contribution in [3.63, 3.8) is 0 Å². The first-order chi connectivity index (χ1) is 7.84. The molecule has 2 heteroatoms. The molecule has 0 atom stereocenters. The fourth-order valence-electron chi connectivity index (χ4n) is 2.39. The van der Waals surface area contributed by atoms with Gasteiger partial charge in [-0.1, -0.05) is 6.08 Å². The number of rotatable bonds is 1. The normalized spacial score (nSPS) is 18.4. The van der Waals surface area contributed by atoms with Gasteiger partial charge in [0.15, 0.2) is 0 Å². The summed E-state index contributed by atoms with van der Waals surface area (Å²) in [5, 5.41) is 0. The third-order valence-corrected chi connectivity index (χ3v) is 3.29. The van der Waals surface area contributed by atoms with Crippen LogP contribution >= 0.6 is 0 Å². The summed E-state index contributed by atoms with van der Waals surface area (Å²) < 4.78 is 5.35. The van der Waals surface area contributed by atoms with Gasteiger partial charge in [-0.25, -0.2) is 0 Å². The van der Waals surface area contributed by atoms with Crippen LogP contribution in [-0.2, 0) is 11.3 Å². The molecule has 2 aliphatic heterocycles. The molecule has 0 N–H and O–H groups in total. The maximum Gasteiger partial charge on any atom is 0.0653 e. The van der Waals surface area contributed by atoms with Crippen molar-refractivity contribution in [1.82, 2.24) is 0 Å². The van der Waals surface area contributed by atoms with Crippen molar-refractivity contribution < 1.29 is 4.74 Å². The van der Waals surface area contributed by atoms with Gasteiger partial charge in [0.2, 0.25) is 0 Å². The van der Waals surface area contributed by atoms with Crippen LogP contribution in [0.5, 0.6) is 0 Å². The molecule has 0 spiro atoms. The van der Waals surface area contributed by atoms with Crippen LogP contribution in [0.3, 0.4) is 0 Å². The van der Waals surface area contributed by atoms with E-state index in [0.29, 0.717) is 0 Å². The van der Waals surface area contributed by atoms with Gasteiger partial charge in [-0.05, 0) is 53.3 Å². The van der Waals surface area contributed by atoms with Crippen molar-refractivity contribution in [2.45, 2.75) is 19.9 Å². The lowest BCUT2D eigenvalue weighted by Gasteiger charge is -2.16. The van der Waals surface area contributed by atoms with Crippen LogP contribution in [0.4, 0.5) is 0 Å². The largest absolute Gasteiger partial charge is 0.377 e. The molecule has 0 radical (unpaired) electrons. The molecule has 1 aromatic rings. The summed E-state index contributed by atoms with van der Waals surface area (Å²) in [6, 6.07) is 4.55. The molecule has 0 saturated heterocycles. The minimum atomic E-state index is 0.752. The Labute approximate surface area is 95.7 Å². The van der Waals surface area contributed by atoms with Crippen LogP contribution in [-0.4, -0.2) is 19.4 Å². The summed E-state index contributed by atoms with van der Waals surface area (Å²) in [4.78, 5) is 4.31. The van der Waals surface area contributed by atoms with E-state index in [1.165, 1.54) is 27.8 Å². The standard InChI is InChI=1S/C14H15NO/c1-10-6-12-8-15-9-13(12)7-14(10)11-2-4-16-5-3-11/h2,6-8H,3-5,9H2,1H3. The minimum Gasteiger partial charge on any atom is -0.377 e. The van der Waals surface area contributed by atoms with Crippen molar-refractivity contribution in [2.75, 3.05) is 13.2 Å². The summed E-state index contributed by atoms with van der Waals surface area (Å²) in [5.41, 5.74) is 6.80. The monoisotopic (exact) mass is 213 g/mol. The van der Waals surface area contributed by atoms with Crippen LogP contribution in [0.2, 0.25) is 0 Å². The van der Waals surface area contributed by atoms with Gasteiger partial charge < -0.3 is 4.74 Å². The van der Waals surface area contributed by atoms with Crippen LogP contribution in [0, 0.1) is 6.92 Å². The first-order valence-corrected chi connectivity index (χ1v) is 5.75. The van der Waals surface area contributed by atoms with E-state index in [-0.39, 0.29) is 0 Å². The zero-order valence-electron chi connectivity index (χ0n) is 9.49. The van der Waals surface area contributed by atoms with E-state index in [1.807, 2.05) is 6.21 Å². The van der Waals surface area contributed by atoms with E-state index < -0.39 is 0 Å². The number of hydrogen-bond donors (Lipinski definition) is 0. The maximum absolute atomic E-state index is 5.35. The third kappa shape index (κ3) is 1.59. The number of aliphatic imine (C=N–C) groups is 1. The Balaban J connectivity index is 2.05. The highest BCUT2D eigenvalue weighted by Gasteiger charge is 2.13. The van der Waals surface area contributed by atoms with E-state index >= 15 is 0 Å². The van der Waals surface area contributed by atoms with Crippen LogP contribution < -0.4 is 0 Å². The molecule has 0 aliphatic carbocycles. The molecule has 2 nitrogen and oxygen atoms in total. The number of ether oxygens (including phenoxy) is 1. The lowest BCUT2D eigenvalue weighted by Crippen LogP contribution is -2.05. The first kappa shape index (κ1) is 9.79. The lowest BCUT2D eigenvalue weighted by atomic mass is 9.93. The second-order valence-electron chi connectivity index (χ2n) is 4.39. The Kier molecular flexibility index (Phi) is 2.37. The van der Waals surface area contributed by atoms with Crippen molar-refractivity contribution in [2.24, 2.45) is 4.99 Å². The molecule has 0 unspecified atom stereocenters. The molecular formula is C14H15NO. The second kappa shape index (κ2) is 3.87. The maximum atomic E-state index is 5.35. The highest BCUT2D eigenvalue weighted by atomic mass is 16.5. The van der Waals surface area contributed by atoms with E-state index in [9.17, 15) is 0 Å². The summed E-state index contributed by atoms with van der Waals surface area (Å²) in [5.74, 6) is 0. The van der Waals surface area contributed by atoms with Gasteiger partial charge >= 0.3 is 0 Å². The van der Waals surface area contributed by atoms with Gasteiger partial charge in [-0.2, -0.15) is 0 Å². The molecule has 1 aromatic carbocycles. The highest BCUT2D eigenvalue weighted by molar-refractivity contribution is 5.86. The van der Waals surface area contributed by atoms with Crippen molar-refractivity contribution >= 4 is 11.8 Å². The summed E-state index contributed by atoms with van der Waals surface area (Å²) in [6.45, 7) is 4.62. The number of aryl methyl sites for hydroxylation is 1. The van der Waals surface area contributed by atoms with Gasteiger partial charge in [-0.3, -0.25) is 4.99 Å². The zero-order chi connectivity index (χ0) is 11.0. The van der Waals surface area contributed by atoms with Gasteiger partial charge in [0, 0.05) is 6.21 Å². The van der Waals surface area contributed by atoms with Crippen LogP contribution in [0.1, 0.15) is 28.7 Å². The highest BCUT2D eigenvalue weighted by Crippen LogP contribution is 2.28. The molecular weight excluding hydrogens is 198 g/mol. The molecule has 2 aliphatic rings. The molecule has 2 heterocycles. The number of hydrogen-bond acceptors (Lipinski definition) is 2. The van der Waals surface area contributed by atoms with E-state index in [4.69, 9.17) is 4.74 Å². The zero-order valence-corrected chi connectivity index (χ0v) is 9.49. The molecule has 3 rings (SSSR count). The Morgan fingerprint density at radius 1 is 1.31 bits per heavy atom. The molecule has 0 amide bonds. The molecule has 0 aromatic heterocycles. The van der Waals surface area contributed by atoms with E-state index in [1.54, 1.807) is 0 Å². The summed E-state index contributed by atoms with van der Waals surface area (Å²) in [7, 11) is 0. The Hall–Kier alpha value is -1.41. The number of benzene rings is 1. The van der Waals surface area contributed by atoms with Crippen molar-refractivity contribution in [3.8, 4) is 0 Å². The molecule has 82 valence electrons. The fourth-order valence-corrected chi connectivity index (χ4v) is 2.39. The van der Waals surface area contributed by atoms with Gasteiger partial charge in [0.1, 0.15) is 0 Å². The number of nitrogens with zero attached hydrogens (tertiary/aromatic N) is 1. The predicted octanol–water partition coefficient (Wildman–Crippen LogP) is 2.73. The lowest BCUT2D eigenvalue weighted by molar-refractivity contribution is 0.161. The SMILES string of the molecule is Cc1cc2c(cc1C1=CCOCC1)CN=C2. The third-order valence-electron chi connectivity index (χ3n) is 3.29. The van der Waals surface area contributed by atoms with Crippen LogP contribution in [0.25, 0.3) is 5.57 Å². The fraction of sp³-hybridized carbons (Fsp3) is 0.357. The average Bonchev–Trinajstić information content (AvgIpc) is 2.76.